The lowest BCUT2D eigenvalue weighted by atomic mass is 10.5. The summed E-state index contributed by atoms with van der Waals surface area (Å²) in [6, 6.07) is 0. The van der Waals surface area contributed by atoms with Crippen LogP contribution in [-0.4, -0.2) is 29.5 Å². The number of hydrogen-bond acceptors (Lipinski definition) is 1. The summed E-state index contributed by atoms with van der Waals surface area (Å²) in [7, 11) is 0. The average Bonchev–Trinajstić information content (AvgIpc) is 1.90. The van der Waals surface area contributed by atoms with Gasteiger partial charge in [-0.25, -0.2) is 0 Å². The lowest BCUT2D eigenvalue weighted by Gasteiger charge is -2.13. The molecule has 0 aromatic rings. The Labute approximate surface area is 84.8 Å². The van der Waals surface area contributed by atoms with E-state index in [4.69, 9.17) is 34.4 Å². The highest BCUT2D eigenvalue weighted by Gasteiger charge is 1.91. The minimum absolute atomic E-state index is 0.750. The second-order valence-electron chi connectivity index (χ2n) is 1.87. The Kier molecular flexibility index (Phi) is 14.3. The highest BCUT2D eigenvalue weighted by molar-refractivity contribution is 7.54. The molecule has 0 rings (SSSR count). The Bertz CT molecular complexity index is 60.6. The van der Waals surface area contributed by atoms with Crippen LogP contribution in [0.3, 0.4) is 0 Å². The first-order valence-electron chi connectivity index (χ1n) is 3.72. The maximum atomic E-state index is 4.81. The fourth-order valence-electron chi connectivity index (χ4n) is 0.671. The molecule has 0 aliphatic heterocycles. The first-order chi connectivity index (χ1) is 5.08. The predicted molar refractivity (Wildman–Crippen MR) is 56.8 cm³/mol. The molecule has 0 aliphatic carbocycles. The first-order valence-corrected chi connectivity index (χ1v) is 5.03. The molecular weight excluding hydrogens is 203 g/mol. The van der Waals surface area contributed by atoms with E-state index >= 15 is 0 Å². The molecule has 0 unspecified atom stereocenters. The van der Waals surface area contributed by atoms with Crippen LogP contribution in [0.5, 0.6) is 0 Å². The van der Waals surface area contributed by atoms with Crippen LogP contribution in [0.1, 0.15) is 20.8 Å². The van der Waals surface area contributed by atoms with Crippen LogP contribution in [-0.2, 0) is 0 Å². The summed E-state index contributed by atoms with van der Waals surface area (Å²) in [4.78, 5) is 1.63. The lowest BCUT2D eigenvalue weighted by Crippen LogP contribution is -2.21. The molecule has 5 heteroatoms. The van der Waals surface area contributed by atoms with Crippen LogP contribution in [0.15, 0.2) is 0 Å². The Balaban J connectivity index is 0. The molecule has 0 bridgehead atoms. The maximum Gasteiger partial charge on any atom is 0.450 e. The molecule has 0 saturated heterocycles. The summed E-state index contributed by atoms with van der Waals surface area (Å²) < 4.78 is 0. The van der Waals surface area contributed by atoms with E-state index in [2.05, 4.69) is 25.7 Å². The molecule has 0 heterocycles. The van der Waals surface area contributed by atoms with E-state index in [9.17, 15) is 0 Å². The molecule has 0 saturated carbocycles. The van der Waals surface area contributed by atoms with E-state index in [-0.39, 0.29) is 0 Å². The summed E-state index contributed by atoms with van der Waals surface area (Å²) in [5.41, 5.74) is 0. The fraction of sp³-hybridized carbons (Fsp3) is 1.00. The Morgan fingerprint density at radius 2 is 1.09 bits per heavy atom. The Hall–Kier alpha value is 0.895. The smallest absolute Gasteiger partial charge is 0.304 e. The molecular formula is C6H15BCl3N. The van der Waals surface area contributed by atoms with Crippen LogP contribution in [0.4, 0.5) is 0 Å². The van der Waals surface area contributed by atoms with Gasteiger partial charge < -0.3 is 4.90 Å². The zero-order chi connectivity index (χ0) is 9.28. The molecule has 0 atom stereocenters. The predicted octanol–water partition coefficient (Wildman–Crippen LogP) is 3.04. The topological polar surface area (TPSA) is 3.24 Å². The summed E-state index contributed by atoms with van der Waals surface area (Å²) in [5.74, 6) is 0. The van der Waals surface area contributed by atoms with Gasteiger partial charge in [0.2, 0.25) is 0 Å². The van der Waals surface area contributed by atoms with Gasteiger partial charge in [-0.15, -0.1) is 0 Å². The van der Waals surface area contributed by atoms with Gasteiger partial charge in [0.15, 0.2) is 0 Å². The summed E-state index contributed by atoms with van der Waals surface area (Å²) in [6.07, 6.45) is 0. The number of hydrogen-bond donors (Lipinski definition) is 0. The van der Waals surface area contributed by atoms with E-state index in [1.54, 1.807) is 0 Å². The zero-order valence-electron chi connectivity index (χ0n) is 7.28. The first kappa shape index (κ1) is 14.4. The van der Waals surface area contributed by atoms with Crippen molar-refractivity contribution in [2.75, 3.05) is 19.6 Å². The molecule has 0 spiro atoms. The van der Waals surface area contributed by atoms with Crippen molar-refractivity contribution in [2.45, 2.75) is 20.8 Å². The van der Waals surface area contributed by atoms with Crippen molar-refractivity contribution in [1.82, 2.24) is 4.90 Å². The lowest BCUT2D eigenvalue weighted by molar-refractivity contribution is 0.321. The van der Waals surface area contributed by atoms with Crippen molar-refractivity contribution in [1.29, 1.82) is 0 Å². The molecule has 0 aromatic carbocycles. The minimum atomic E-state index is -0.750. The van der Waals surface area contributed by atoms with Crippen LogP contribution in [0, 0.1) is 0 Å². The number of rotatable bonds is 3. The van der Waals surface area contributed by atoms with Crippen molar-refractivity contribution in [3.63, 3.8) is 0 Å². The molecule has 0 aliphatic rings. The number of nitrogens with zero attached hydrogens (tertiary/aromatic N) is 1. The van der Waals surface area contributed by atoms with E-state index in [1.165, 1.54) is 19.6 Å². The molecule has 68 valence electrons. The standard InChI is InChI=1S/C6H15N.BCl3/c1-4-7(5-2)6-3;2-1(3)4/h4-6H2,1-3H3;. The maximum absolute atomic E-state index is 4.81. The van der Waals surface area contributed by atoms with Gasteiger partial charge in [-0.2, -0.15) is 34.4 Å². The van der Waals surface area contributed by atoms with Crippen molar-refractivity contribution >= 4 is 39.3 Å². The van der Waals surface area contributed by atoms with Crippen molar-refractivity contribution in [3.05, 3.63) is 0 Å². The third kappa shape index (κ3) is 18.1. The summed E-state index contributed by atoms with van der Waals surface area (Å²) in [5, 5.41) is 0. The van der Waals surface area contributed by atoms with Crippen LogP contribution in [0.2, 0.25) is 0 Å². The zero-order valence-corrected chi connectivity index (χ0v) is 9.55. The van der Waals surface area contributed by atoms with Gasteiger partial charge in [-0.1, -0.05) is 20.8 Å². The van der Waals surface area contributed by atoms with E-state index in [0.29, 0.717) is 0 Å². The minimum Gasteiger partial charge on any atom is -0.304 e. The third-order valence-electron chi connectivity index (χ3n) is 1.34. The van der Waals surface area contributed by atoms with Gasteiger partial charge >= 0.3 is 4.96 Å². The van der Waals surface area contributed by atoms with Gasteiger partial charge in [0.1, 0.15) is 0 Å². The van der Waals surface area contributed by atoms with Gasteiger partial charge in [0, 0.05) is 0 Å². The van der Waals surface area contributed by atoms with Crippen molar-refractivity contribution < 1.29 is 0 Å². The summed E-state index contributed by atoms with van der Waals surface area (Å²) in [6.45, 7) is 10.1. The summed E-state index contributed by atoms with van der Waals surface area (Å²) >= 11 is 14.4. The molecule has 0 amide bonds. The van der Waals surface area contributed by atoms with Gasteiger partial charge in [-0.3, -0.25) is 0 Å². The van der Waals surface area contributed by atoms with Crippen LogP contribution in [0.25, 0.3) is 0 Å². The SMILES string of the molecule is CCN(CC)CC.ClB(Cl)Cl. The highest BCUT2D eigenvalue weighted by atomic mass is 35.6. The second kappa shape index (κ2) is 10.9. The van der Waals surface area contributed by atoms with Gasteiger partial charge in [0.25, 0.3) is 0 Å². The van der Waals surface area contributed by atoms with E-state index < -0.39 is 4.96 Å². The Morgan fingerprint density at radius 3 is 1.09 bits per heavy atom. The molecule has 1 nitrogen and oxygen atoms in total. The molecule has 0 aromatic heterocycles. The quantitative estimate of drug-likeness (QED) is 0.658. The molecule has 0 fully saturated rings. The Morgan fingerprint density at radius 1 is 0.909 bits per heavy atom. The average molecular weight is 218 g/mol. The highest BCUT2D eigenvalue weighted by Crippen LogP contribution is 1.97. The van der Waals surface area contributed by atoms with Crippen molar-refractivity contribution in [2.24, 2.45) is 0 Å². The normalized spacial score (nSPS) is 9.00. The van der Waals surface area contributed by atoms with Gasteiger partial charge in [-0.05, 0) is 19.6 Å². The van der Waals surface area contributed by atoms with E-state index in [1.807, 2.05) is 0 Å². The van der Waals surface area contributed by atoms with Crippen LogP contribution >= 0.6 is 34.4 Å². The van der Waals surface area contributed by atoms with E-state index in [0.717, 1.165) is 0 Å². The molecule has 11 heavy (non-hydrogen) atoms. The monoisotopic (exact) mass is 217 g/mol. The second-order valence-corrected chi connectivity index (χ2v) is 3.85. The molecule has 0 radical (unpaired) electrons. The van der Waals surface area contributed by atoms with Crippen LogP contribution < -0.4 is 0 Å². The third-order valence-corrected chi connectivity index (χ3v) is 1.34. The van der Waals surface area contributed by atoms with Gasteiger partial charge in [0.05, 0.1) is 0 Å². The molecule has 0 N–H and O–H groups in total. The largest absolute Gasteiger partial charge is 0.450 e. The fourth-order valence-corrected chi connectivity index (χ4v) is 0.671. The number of halogens is 3. The van der Waals surface area contributed by atoms with Crippen molar-refractivity contribution in [3.8, 4) is 0 Å².